The van der Waals surface area contributed by atoms with Crippen molar-refractivity contribution in [1.82, 2.24) is 15.6 Å². The molecule has 1 saturated carbocycles. The number of halogens is 3. The number of aliphatic hydroxyl groups is 1. The number of aliphatic hydroxyl groups excluding tert-OH is 1. The number of aromatic nitrogens is 1. The summed E-state index contributed by atoms with van der Waals surface area (Å²) in [6, 6.07) is 7.46. The van der Waals surface area contributed by atoms with Gasteiger partial charge in [-0.1, -0.05) is 6.92 Å². The molecule has 37 heavy (non-hydrogen) atoms. The Morgan fingerprint density at radius 1 is 1.14 bits per heavy atom. The molecule has 2 aromatic carbocycles. The SMILES string of the molecule is CC[C@H](NC(O)OC(C)(C)C)C(=O)NCC1CC(c2c(-c3ccc(F)cc3)[nH]c3c(F)cc(F)cc23)C1. The van der Waals surface area contributed by atoms with Crippen LogP contribution >= 0.6 is 0 Å². The van der Waals surface area contributed by atoms with Gasteiger partial charge in [0, 0.05) is 18.0 Å². The Balaban J connectivity index is 1.44. The van der Waals surface area contributed by atoms with Gasteiger partial charge in [-0.2, -0.15) is 0 Å². The van der Waals surface area contributed by atoms with Crippen molar-refractivity contribution in [1.29, 1.82) is 0 Å². The normalized spacial score (nSPS) is 19.5. The molecule has 3 aromatic rings. The lowest BCUT2D eigenvalue weighted by atomic mass is 9.70. The topological polar surface area (TPSA) is 86.4 Å². The first-order valence-electron chi connectivity index (χ1n) is 12.6. The summed E-state index contributed by atoms with van der Waals surface area (Å²) in [7, 11) is 0. The van der Waals surface area contributed by atoms with E-state index in [2.05, 4.69) is 15.6 Å². The lowest BCUT2D eigenvalue weighted by Crippen LogP contribution is -2.51. The van der Waals surface area contributed by atoms with Crippen molar-refractivity contribution in [3.8, 4) is 11.3 Å². The highest BCUT2D eigenvalue weighted by atomic mass is 19.1. The second kappa shape index (κ2) is 10.8. The van der Waals surface area contributed by atoms with Crippen LogP contribution in [-0.4, -0.2) is 40.6 Å². The zero-order valence-electron chi connectivity index (χ0n) is 21.5. The summed E-state index contributed by atoms with van der Waals surface area (Å²) in [5.41, 5.74) is 1.80. The number of carbonyl (C=O) groups is 1. The summed E-state index contributed by atoms with van der Waals surface area (Å²) < 4.78 is 47.6. The molecule has 0 radical (unpaired) electrons. The van der Waals surface area contributed by atoms with Crippen LogP contribution in [0.25, 0.3) is 22.2 Å². The predicted molar refractivity (Wildman–Crippen MR) is 136 cm³/mol. The summed E-state index contributed by atoms with van der Waals surface area (Å²) in [5.74, 6) is -1.73. The van der Waals surface area contributed by atoms with E-state index in [1.807, 2.05) is 27.7 Å². The molecule has 1 unspecified atom stereocenters. The molecular weight excluding hydrogens is 483 g/mol. The number of ether oxygens (including phenoxy) is 1. The van der Waals surface area contributed by atoms with Crippen molar-refractivity contribution >= 4 is 16.8 Å². The van der Waals surface area contributed by atoms with Gasteiger partial charge in [0.1, 0.15) is 17.5 Å². The number of fused-ring (bicyclic) bond motifs is 1. The quantitative estimate of drug-likeness (QED) is 0.290. The van der Waals surface area contributed by atoms with Crippen molar-refractivity contribution in [2.75, 3.05) is 6.54 Å². The average molecular weight is 518 g/mol. The van der Waals surface area contributed by atoms with E-state index in [0.29, 0.717) is 29.6 Å². The Morgan fingerprint density at radius 2 is 1.81 bits per heavy atom. The fourth-order valence-corrected chi connectivity index (χ4v) is 4.93. The maximum atomic E-state index is 14.6. The van der Waals surface area contributed by atoms with Crippen LogP contribution in [0, 0.1) is 23.4 Å². The van der Waals surface area contributed by atoms with E-state index in [9.17, 15) is 23.1 Å². The first-order chi connectivity index (χ1) is 17.4. The Bertz CT molecular complexity index is 1250. The van der Waals surface area contributed by atoms with E-state index in [-0.39, 0.29) is 29.1 Å². The van der Waals surface area contributed by atoms with Crippen LogP contribution < -0.4 is 10.6 Å². The third-order valence-electron chi connectivity index (χ3n) is 6.74. The van der Waals surface area contributed by atoms with E-state index < -0.39 is 29.7 Å². The minimum Gasteiger partial charge on any atom is -0.356 e. The Hall–Kier alpha value is -2.88. The number of rotatable bonds is 9. The maximum absolute atomic E-state index is 14.6. The third kappa shape index (κ3) is 6.34. The summed E-state index contributed by atoms with van der Waals surface area (Å²) >= 11 is 0. The molecule has 1 fully saturated rings. The Kier molecular flexibility index (Phi) is 7.96. The van der Waals surface area contributed by atoms with Crippen LogP contribution in [0.5, 0.6) is 0 Å². The van der Waals surface area contributed by atoms with Crippen LogP contribution in [0.1, 0.15) is 58.4 Å². The second-order valence-corrected chi connectivity index (χ2v) is 10.7. The molecule has 1 aliphatic carbocycles. The molecule has 1 heterocycles. The fourth-order valence-electron chi connectivity index (χ4n) is 4.93. The van der Waals surface area contributed by atoms with Crippen molar-refractivity contribution in [2.24, 2.45) is 5.92 Å². The van der Waals surface area contributed by atoms with Gasteiger partial charge in [-0.25, -0.2) is 13.2 Å². The van der Waals surface area contributed by atoms with E-state index in [4.69, 9.17) is 4.74 Å². The number of amides is 1. The highest BCUT2D eigenvalue weighted by Gasteiger charge is 2.35. The highest BCUT2D eigenvalue weighted by molar-refractivity contribution is 5.92. The van der Waals surface area contributed by atoms with Gasteiger partial charge in [0.15, 0.2) is 0 Å². The Morgan fingerprint density at radius 3 is 2.43 bits per heavy atom. The molecule has 2 atom stereocenters. The third-order valence-corrected chi connectivity index (χ3v) is 6.74. The number of nitrogens with one attached hydrogen (secondary N) is 3. The zero-order chi connectivity index (χ0) is 26.9. The van der Waals surface area contributed by atoms with E-state index in [1.165, 1.54) is 18.2 Å². The van der Waals surface area contributed by atoms with E-state index in [1.54, 1.807) is 12.1 Å². The van der Waals surface area contributed by atoms with E-state index in [0.717, 1.165) is 24.5 Å². The summed E-state index contributed by atoms with van der Waals surface area (Å²) in [4.78, 5) is 15.8. The van der Waals surface area contributed by atoms with Gasteiger partial charge >= 0.3 is 0 Å². The summed E-state index contributed by atoms with van der Waals surface area (Å²) in [6.07, 6.45) is 0.646. The maximum Gasteiger partial charge on any atom is 0.237 e. The van der Waals surface area contributed by atoms with Crippen LogP contribution in [0.4, 0.5) is 13.2 Å². The van der Waals surface area contributed by atoms with Crippen molar-refractivity contribution in [2.45, 2.75) is 70.9 Å². The monoisotopic (exact) mass is 517 g/mol. The molecule has 0 saturated heterocycles. The zero-order valence-corrected chi connectivity index (χ0v) is 21.5. The second-order valence-electron chi connectivity index (χ2n) is 10.7. The number of H-pyrrole nitrogens is 1. The van der Waals surface area contributed by atoms with Crippen molar-refractivity contribution in [3.05, 3.63) is 59.4 Å². The van der Waals surface area contributed by atoms with Crippen LogP contribution in [0.15, 0.2) is 36.4 Å². The molecule has 4 N–H and O–H groups in total. The molecule has 4 rings (SSSR count). The first-order valence-corrected chi connectivity index (χ1v) is 12.6. The summed E-state index contributed by atoms with van der Waals surface area (Å²) in [5, 5.41) is 16.3. The molecule has 1 amide bonds. The van der Waals surface area contributed by atoms with Gasteiger partial charge in [-0.3, -0.25) is 10.1 Å². The number of carbonyl (C=O) groups excluding carboxylic acids is 1. The molecule has 1 aliphatic rings. The van der Waals surface area contributed by atoms with Gasteiger partial charge < -0.3 is 20.1 Å². The standard InChI is InChI=1S/C28H34F3N3O3/c1-5-22(33-27(36)37-28(2,3)4)26(35)32-14-15-10-17(11-15)23-20-12-19(30)13-21(31)25(20)34-24(23)16-6-8-18(29)9-7-16/h6-9,12-13,15,17,22,27,33-34,36H,5,10-11,14H2,1-4H3,(H,32,35)/t15?,17?,22-,27?/m0/s1. The van der Waals surface area contributed by atoms with Gasteiger partial charge in [0.25, 0.3) is 0 Å². The highest BCUT2D eigenvalue weighted by Crippen LogP contribution is 2.48. The smallest absolute Gasteiger partial charge is 0.237 e. The van der Waals surface area contributed by atoms with Gasteiger partial charge in [-0.15, -0.1) is 0 Å². The lowest BCUT2D eigenvalue weighted by Gasteiger charge is -2.36. The Labute approximate surface area is 214 Å². The van der Waals surface area contributed by atoms with Crippen molar-refractivity contribution < 1.29 is 27.8 Å². The molecule has 9 heteroatoms. The number of aromatic amines is 1. The van der Waals surface area contributed by atoms with E-state index >= 15 is 0 Å². The van der Waals surface area contributed by atoms with Crippen LogP contribution in [0.3, 0.4) is 0 Å². The minimum atomic E-state index is -1.27. The molecule has 0 spiro atoms. The van der Waals surface area contributed by atoms with Gasteiger partial charge in [0.05, 0.1) is 22.9 Å². The van der Waals surface area contributed by atoms with Crippen LogP contribution in [-0.2, 0) is 9.53 Å². The molecule has 200 valence electrons. The molecule has 6 nitrogen and oxygen atoms in total. The minimum absolute atomic E-state index is 0.0269. The molecule has 1 aromatic heterocycles. The number of benzene rings is 2. The first kappa shape index (κ1) is 27.2. The number of hydrogen-bond acceptors (Lipinski definition) is 4. The largest absolute Gasteiger partial charge is 0.356 e. The average Bonchev–Trinajstić information content (AvgIpc) is 3.15. The summed E-state index contributed by atoms with van der Waals surface area (Å²) in [6.45, 7) is 7.71. The molecular formula is C28H34F3N3O3. The van der Waals surface area contributed by atoms with Gasteiger partial charge in [0.2, 0.25) is 12.3 Å². The van der Waals surface area contributed by atoms with Gasteiger partial charge in [-0.05, 0) is 93.3 Å². The number of hydrogen-bond donors (Lipinski definition) is 4. The molecule has 0 bridgehead atoms. The van der Waals surface area contributed by atoms with Crippen molar-refractivity contribution in [3.63, 3.8) is 0 Å². The molecule has 0 aliphatic heterocycles. The lowest BCUT2D eigenvalue weighted by molar-refractivity contribution is -0.187. The fraction of sp³-hybridized carbons (Fsp3) is 0.464. The predicted octanol–water partition coefficient (Wildman–Crippen LogP) is 5.32. The van der Waals surface area contributed by atoms with Crippen LogP contribution in [0.2, 0.25) is 0 Å².